The van der Waals surface area contributed by atoms with Crippen molar-refractivity contribution in [1.29, 1.82) is 0 Å². The lowest BCUT2D eigenvalue weighted by molar-refractivity contribution is -0.0276. The maximum absolute atomic E-state index is 12.5. The lowest BCUT2D eigenvalue weighted by Gasteiger charge is -2.33. The quantitative estimate of drug-likeness (QED) is 0.707. The van der Waals surface area contributed by atoms with E-state index in [1.807, 2.05) is 18.2 Å². The van der Waals surface area contributed by atoms with E-state index < -0.39 is 16.0 Å². The van der Waals surface area contributed by atoms with Gasteiger partial charge in [-0.25, -0.2) is 17.9 Å². The summed E-state index contributed by atoms with van der Waals surface area (Å²) >= 11 is 0. The number of methoxy groups -OCH3 is 1. The summed E-state index contributed by atoms with van der Waals surface area (Å²) < 4.78 is 37.9. The molecule has 8 heteroatoms. The van der Waals surface area contributed by atoms with Crippen LogP contribution in [0.25, 0.3) is 0 Å². The summed E-state index contributed by atoms with van der Waals surface area (Å²) in [6.45, 7) is 3.02. The van der Waals surface area contributed by atoms with E-state index in [0.29, 0.717) is 18.7 Å². The lowest BCUT2D eigenvalue weighted by Crippen LogP contribution is -2.47. The van der Waals surface area contributed by atoms with Crippen molar-refractivity contribution in [3.63, 3.8) is 0 Å². The Hall–Kier alpha value is -2.26. The number of nitrogens with one attached hydrogen (secondary N) is 1. The topological polar surface area (TPSA) is 84.9 Å². The third kappa shape index (κ3) is 5.39. The van der Waals surface area contributed by atoms with E-state index in [2.05, 4.69) is 26.5 Å². The van der Waals surface area contributed by atoms with Crippen LogP contribution in [-0.2, 0) is 26.0 Å². The second kappa shape index (κ2) is 9.29. The first-order valence-electron chi connectivity index (χ1n) is 9.04. The van der Waals surface area contributed by atoms with Gasteiger partial charge < -0.3 is 9.47 Å². The molecule has 0 spiro atoms. The molecular formula is C20H24N2O5S. The van der Waals surface area contributed by atoms with Crippen molar-refractivity contribution in [2.45, 2.75) is 17.5 Å². The Morgan fingerprint density at radius 1 is 1.18 bits per heavy atom. The van der Waals surface area contributed by atoms with Crippen LogP contribution in [-0.4, -0.2) is 58.7 Å². The number of morpholine rings is 1. The van der Waals surface area contributed by atoms with Gasteiger partial charge in [0.25, 0.3) is 0 Å². The van der Waals surface area contributed by atoms with Gasteiger partial charge in [-0.05, 0) is 29.8 Å². The van der Waals surface area contributed by atoms with Crippen LogP contribution in [0.2, 0.25) is 0 Å². The Labute approximate surface area is 165 Å². The van der Waals surface area contributed by atoms with Crippen LogP contribution in [0.3, 0.4) is 0 Å². The van der Waals surface area contributed by atoms with E-state index in [1.54, 1.807) is 0 Å². The van der Waals surface area contributed by atoms with E-state index in [0.717, 1.165) is 13.1 Å². The molecule has 1 fully saturated rings. The third-order valence-corrected chi connectivity index (χ3v) is 6.00. The largest absolute Gasteiger partial charge is 0.465 e. The predicted octanol–water partition coefficient (Wildman–Crippen LogP) is 1.65. The molecule has 0 aromatic heterocycles. The van der Waals surface area contributed by atoms with Crippen LogP contribution < -0.4 is 4.72 Å². The zero-order valence-electron chi connectivity index (χ0n) is 15.7. The SMILES string of the molecule is COC(=O)c1ccc(S(=O)(=O)NCC2CN(Cc3ccccc3)CCO2)cc1. The highest BCUT2D eigenvalue weighted by Crippen LogP contribution is 2.13. The van der Waals surface area contributed by atoms with Crippen molar-refractivity contribution in [3.05, 3.63) is 65.7 Å². The fourth-order valence-electron chi connectivity index (χ4n) is 3.06. The molecule has 28 heavy (non-hydrogen) atoms. The highest BCUT2D eigenvalue weighted by molar-refractivity contribution is 7.89. The van der Waals surface area contributed by atoms with E-state index in [9.17, 15) is 13.2 Å². The van der Waals surface area contributed by atoms with Crippen molar-refractivity contribution in [2.75, 3.05) is 33.4 Å². The van der Waals surface area contributed by atoms with Crippen LogP contribution >= 0.6 is 0 Å². The lowest BCUT2D eigenvalue weighted by atomic mass is 10.2. The third-order valence-electron chi connectivity index (χ3n) is 4.56. The Kier molecular flexibility index (Phi) is 6.79. The Bertz CT molecular complexity index is 885. The fraction of sp³-hybridized carbons (Fsp3) is 0.350. The second-order valence-corrected chi connectivity index (χ2v) is 8.35. The van der Waals surface area contributed by atoms with E-state index in [4.69, 9.17) is 4.74 Å². The first-order chi connectivity index (χ1) is 13.5. The molecule has 0 radical (unpaired) electrons. The minimum Gasteiger partial charge on any atom is -0.465 e. The average molecular weight is 404 g/mol. The number of nitrogens with zero attached hydrogens (tertiary/aromatic N) is 1. The van der Waals surface area contributed by atoms with Crippen LogP contribution in [0, 0.1) is 0 Å². The first-order valence-corrected chi connectivity index (χ1v) is 10.5. The Balaban J connectivity index is 1.55. The summed E-state index contributed by atoms with van der Waals surface area (Å²) in [6, 6.07) is 15.8. The molecule has 0 amide bonds. The average Bonchev–Trinajstić information content (AvgIpc) is 2.73. The smallest absolute Gasteiger partial charge is 0.337 e. The number of hydrogen-bond acceptors (Lipinski definition) is 6. The summed E-state index contributed by atoms with van der Waals surface area (Å²) in [4.78, 5) is 13.8. The number of carbonyl (C=O) groups is 1. The molecule has 1 N–H and O–H groups in total. The Morgan fingerprint density at radius 2 is 1.89 bits per heavy atom. The van der Waals surface area contributed by atoms with Crippen LogP contribution in [0.1, 0.15) is 15.9 Å². The number of carbonyl (C=O) groups excluding carboxylic acids is 1. The maximum Gasteiger partial charge on any atom is 0.337 e. The molecule has 1 unspecified atom stereocenters. The molecule has 0 bridgehead atoms. The van der Waals surface area contributed by atoms with Gasteiger partial charge in [-0.15, -0.1) is 0 Å². The normalized spacial score (nSPS) is 18.0. The van der Waals surface area contributed by atoms with E-state index in [-0.39, 0.29) is 17.5 Å². The molecule has 0 aliphatic carbocycles. The van der Waals surface area contributed by atoms with Gasteiger partial charge in [0, 0.05) is 26.2 Å². The molecule has 0 saturated carbocycles. The monoisotopic (exact) mass is 404 g/mol. The molecule has 1 atom stereocenters. The molecule has 150 valence electrons. The van der Waals surface area contributed by atoms with Gasteiger partial charge in [0.2, 0.25) is 10.0 Å². The fourth-order valence-corrected chi connectivity index (χ4v) is 4.13. The molecule has 2 aromatic carbocycles. The van der Waals surface area contributed by atoms with Gasteiger partial charge in [-0.2, -0.15) is 0 Å². The minimum atomic E-state index is -3.69. The molecule has 1 aliphatic heterocycles. The molecule has 3 rings (SSSR count). The summed E-state index contributed by atoms with van der Waals surface area (Å²) in [5, 5.41) is 0. The van der Waals surface area contributed by atoms with Gasteiger partial charge in [0.1, 0.15) is 0 Å². The summed E-state index contributed by atoms with van der Waals surface area (Å²) in [5.74, 6) is -0.508. The first kappa shape index (κ1) is 20.5. The number of sulfonamides is 1. The number of benzene rings is 2. The van der Waals surface area contributed by atoms with Crippen molar-refractivity contribution in [1.82, 2.24) is 9.62 Å². The zero-order valence-corrected chi connectivity index (χ0v) is 16.5. The van der Waals surface area contributed by atoms with Crippen molar-refractivity contribution in [3.8, 4) is 0 Å². The zero-order chi connectivity index (χ0) is 20.0. The molecular weight excluding hydrogens is 380 g/mol. The summed E-state index contributed by atoms with van der Waals surface area (Å²) in [5.41, 5.74) is 1.52. The number of rotatable bonds is 7. The highest BCUT2D eigenvalue weighted by atomic mass is 32.2. The van der Waals surface area contributed by atoms with E-state index in [1.165, 1.54) is 36.9 Å². The second-order valence-electron chi connectivity index (χ2n) is 6.58. The van der Waals surface area contributed by atoms with Crippen molar-refractivity contribution < 1.29 is 22.7 Å². The summed E-state index contributed by atoms with van der Waals surface area (Å²) in [6.07, 6.45) is -0.221. The molecule has 2 aromatic rings. The van der Waals surface area contributed by atoms with Gasteiger partial charge in [-0.3, -0.25) is 4.90 Å². The van der Waals surface area contributed by atoms with Gasteiger partial charge in [0.05, 0.1) is 30.3 Å². The van der Waals surface area contributed by atoms with Gasteiger partial charge >= 0.3 is 5.97 Å². The van der Waals surface area contributed by atoms with E-state index >= 15 is 0 Å². The van der Waals surface area contributed by atoms with Crippen LogP contribution in [0.4, 0.5) is 0 Å². The van der Waals surface area contributed by atoms with Crippen LogP contribution in [0.5, 0.6) is 0 Å². The predicted molar refractivity (Wildman–Crippen MR) is 104 cm³/mol. The van der Waals surface area contributed by atoms with Crippen molar-refractivity contribution in [2.24, 2.45) is 0 Å². The van der Waals surface area contributed by atoms with Gasteiger partial charge in [-0.1, -0.05) is 30.3 Å². The van der Waals surface area contributed by atoms with Crippen LogP contribution in [0.15, 0.2) is 59.5 Å². The summed E-state index contributed by atoms with van der Waals surface area (Å²) in [7, 11) is -2.41. The number of esters is 1. The minimum absolute atomic E-state index is 0.0945. The number of hydrogen-bond donors (Lipinski definition) is 1. The maximum atomic E-state index is 12.5. The molecule has 1 heterocycles. The molecule has 7 nitrogen and oxygen atoms in total. The van der Waals surface area contributed by atoms with Gasteiger partial charge in [0.15, 0.2) is 0 Å². The van der Waals surface area contributed by atoms with Crippen molar-refractivity contribution >= 4 is 16.0 Å². The standard InChI is InChI=1S/C20H24N2O5S/c1-26-20(23)17-7-9-19(10-8-17)28(24,25)21-13-18-15-22(11-12-27-18)14-16-5-3-2-4-6-16/h2-10,18,21H,11-15H2,1H3. The molecule has 1 saturated heterocycles. The molecule has 1 aliphatic rings. The Morgan fingerprint density at radius 3 is 2.57 bits per heavy atom. The highest BCUT2D eigenvalue weighted by Gasteiger charge is 2.23. The number of ether oxygens (including phenoxy) is 2.